The third kappa shape index (κ3) is 3.23. The maximum Gasteiger partial charge on any atom is 0.253 e. The van der Waals surface area contributed by atoms with E-state index >= 15 is 0 Å². The minimum Gasteiger partial charge on any atom is -0.343 e. The summed E-state index contributed by atoms with van der Waals surface area (Å²) in [6.45, 7) is 4.03. The molecule has 2 aromatic rings. The quantitative estimate of drug-likeness (QED) is 0.858. The normalized spacial score (nSPS) is 11.2. The summed E-state index contributed by atoms with van der Waals surface area (Å²) in [5, 5.41) is 3.11. The largest absolute Gasteiger partial charge is 0.343 e. The van der Waals surface area contributed by atoms with Crippen LogP contribution < -0.4 is 5.32 Å². The molecule has 2 rings (SSSR count). The second-order valence-corrected chi connectivity index (χ2v) is 5.99. The van der Waals surface area contributed by atoms with Crippen molar-refractivity contribution >= 4 is 17.7 Å². The predicted octanol–water partition coefficient (Wildman–Crippen LogP) is 4.07. The minimum atomic E-state index is -0.399. The van der Waals surface area contributed by atoms with E-state index in [2.05, 4.69) is 5.32 Å². The number of amides is 1. The van der Waals surface area contributed by atoms with Crippen molar-refractivity contribution < 1.29 is 4.79 Å². The molecule has 0 aliphatic carbocycles. The molecule has 2 aromatic carbocycles. The van der Waals surface area contributed by atoms with Crippen LogP contribution in [0.2, 0.25) is 0 Å². The van der Waals surface area contributed by atoms with Gasteiger partial charge in [-0.05, 0) is 37.8 Å². The van der Waals surface area contributed by atoms with Gasteiger partial charge in [-0.2, -0.15) is 0 Å². The summed E-state index contributed by atoms with van der Waals surface area (Å²) in [6, 6.07) is 17.7. The minimum absolute atomic E-state index is 0.0381. The van der Waals surface area contributed by atoms with Crippen LogP contribution in [0, 0.1) is 0 Å². The van der Waals surface area contributed by atoms with Gasteiger partial charge in [0.05, 0.1) is 11.1 Å². The molecule has 0 bridgehead atoms. The molecule has 1 N–H and O–H groups in total. The van der Waals surface area contributed by atoms with Crippen molar-refractivity contribution in [3.63, 3.8) is 0 Å². The standard InChI is InChI=1S/C17H19NOS/c1-17(2,13-9-5-4-6-10-13)18-16(19)14-11-7-8-12-15(14)20-3/h4-12H,1-3H3,(H,18,19). The van der Waals surface area contributed by atoms with Crippen LogP contribution in [0.1, 0.15) is 29.8 Å². The highest BCUT2D eigenvalue weighted by molar-refractivity contribution is 7.98. The van der Waals surface area contributed by atoms with Crippen molar-refractivity contribution in [2.45, 2.75) is 24.3 Å². The Morgan fingerprint density at radius 1 is 1.00 bits per heavy atom. The average molecular weight is 285 g/mol. The molecule has 0 heterocycles. The first-order chi connectivity index (χ1) is 9.54. The van der Waals surface area contributed by atoms with Crippen LogP contribution in [0.3, 0.4) is 0 Å². The lowest BCUT2D eigenvalue weighted by molar-refractivity contribution is 0.0909. The van der Waals surface area contributed by atoms with Gasteiger partial charge in [-0.3, -0.25) is 4.79 Å². The molecule has 0 fully saturated rings. The third-order valence-electron chi connectivity index (χ3n) is 3.27. The van der Waals surface area contributed by atoms with E-state index in [1.807, 2.05) is 74.7 Å². The number of nitrogens with one attached hydrogen (secondary N) is 1. The van der Waals surface area contributed by atoms with Crippen molar-refractivity contribution in [1.29, 1.82) is 0 Å². The first-order valence-electron chi connectivity index (χ1n) is 6.55. The van der Waals surface area contributed by atoms with E-state index < -0.39 is 5.54 Å². The summed E-state index contributed by atoms with van der Waals surface area (Å²) in [5.74, 6) is -0.0381. The third-order valence-corrected chi connectivity index (χ3v) is 4.07. The molecule has 0 saturated heterocycles. The van der Waals surface area contributed by atoms with Gasteiger partial charge in [0, 0.05) is 4.90 Å². The van der Waals surface area contributed by atoms with Crippen LogP contribution >= 0.6 is 11.8 Å². The summed E-state index contributed by atoms with van der Waals surface area (Å²) in [5.41, 5.74) is 1.42. The highest BCUT2D eigenvalue weighted by atomic mass is 32.2. The lowest BCUT2D eigenvalue weighted by Gasteiger charge is -2.27. The first kappa shape index (κ1) is 14.7. The summed E-state index contributed by atoms with van der Waals surface area (Å²) < 4.78 is 0. The van der Waals surface area contributed by atoms with Crippen LogP contribution in [0.5, 0.6) is 0 Å². The topological polar surface area (TPSA) is 29.1 Å². The number of rotatable bonds is 4. The molecule has 0 spiro atoms. The summed E-state index contributed by atoms with van der Waals surface area (Å²) in [7, 11) is 0. The Hall–Kier alpha value is -1.74. The lowest BCUT2D eigenvalue weighted by atomic mass is 9.94. The van der Waals surface area contributed by atoms with Crippen LogP contribution in [0.4, 0.5) is 0 Å². The molecule has 0 unspecified atom stereocenters. The molecule has 0 aromatic heterocycles. The lowest BCUT2D eigenvalue weighted by Crippen LogP contribution is -2.41. The van der Waals surface area contributed by atoms with Crippen LogP contribution in [-0.2, 0) is 5.54 Å². The van der Waals surface area contributed by atoms with Crippen molar-refractivity contribution in [3.8, 4) is 0 Å². The number of thioether (sulfide) groups is 1. The van der Waals surface area contributed by atoms with Crippen molar-refractivity contribution in [2.24, 2.45) is 0 Å². The van der Waals surface area contributed by atoms with E-state index in [1.165, 1.54) is 0 Å². The molecule has 0 aliphatic heterocycles. The van der Waals surface area contributed by atoms with Gasteiger partial charge in [0.15, 0.2) is 0 Å². The number of hydrogen-bond acceptors (Lipinski definition) is 2. The number of benzene rings is 2. The Bertz CT molecular complexity index is 593. The molecule has 0 saturated carbocycles. The Morgan fingerprint density at radius 3 is 2.25 bits per heavy atom. The molecule has 104 valence electrons. The summed E-state index contributed by atoms with van der Waals surface area (Å²) in [6.07, 6.45) is 1.98. The van der Waals surface area contributed by atoms with Gasteiger partial charge in [0.2, 0.25) is 0 Å². The van der Waals surface area contributed by atoms with Gasteiger partial charge >= 0.3 is 0 Å². The van der Waals surface area contributed by atoms with E-state index in [9.17, 15) is 4.79 Å². The number of carbonyl (C=O) groups excluding carboxylic acids is 1. The second kappa shape index (κ2) is 6.14. The number of carbonyl (C=O) groups is 1. The molecule has 0 atom stereocenters. The van der Waals surface area contributed by atoms with E-state index in [0.717, 1.165) is 16.0 Å². The smallest absolute Gasteiger partial charge is 0.253 e. The molecule has 20 heavy (non-hydrogen) atoms. The van der Waals surface area contributed by atoms with E-state index in [4.69, 9.17) is 0 Å². The zero-order valence-corrected chi connectivity index (χ0v) is 12.8. The first-order valence-corrected chi connectivity index (χ1v) is 7.78. The van der Waals surface area contributed by atoms with Gasteiger partial charge in [0.25, 0.3) is 5.91 Å². The van der Waals surface area contributed by atoms with Gasteiger partial charge in [-0.15, -0.1) is 11.8 Å². The van der Waals surface area contributed by atoms with Gasteiger partial charge in [-0.1, -0.05) is 42.5 Å². The second-order valence-electron chi connectivity index (χ2n) is 5.15. The fourth-order valence-electron chi connectivity index (χ4n) is 2.11. The van der Waals surface area contributed by atoms with Crippen molar-refractivity contribution in [2.75, 3.05) is 6.26 Å². The zero-order chi connectivity index (χ0) is 14.6. The Labute approximate surface area is 124 Å². The molecule has 1 amide bonds. The molecule has 2 nitrogen and oxygen atoms in total. The molecule has 3 heteroatoms. The highest BCUT2D eigenvalue weighted by Gasteiger charge is 2.24. The Balaban J connectivity index is 2.23. The van der Waals surface area contributed by atoms with Crippen LogP contribution in [-0.4, -0.2) is 12.2 Å². The average Bonchev–Trinajstić information content (AvgIpc) is 2.47. The molecular formula is C17H19NOS. The summed E-state index contributed by atoms with van der Waals surface area (Å²) in [4.78, 5) is 13.5. The van der Waals surface area contributed by atoms with E-state index in [-0.39, 0.29) is 5.91 Å². The maximum atomic E-state index is 12.5. The van der Waals surface area contributed by atoms with Gasteiger partial charge < -0.3 is 5.32 Å². The summed E-state index contributed by atoms with van der Waals surface area (Å²) >= 11 is 1.58. The highest BCUT2D eigenvalue weighted by Crippen LogP contribution is 2.23. The van der Waals surface area contributed by atoms with Gasteiger partial charge in [0.1, 0.15) is 0 Å². The molecular weight excluding hydrogens is 266 g/mol. The fraction of sp³-hybridized carbons (Fsp3) is 0.235. The fourth-order valence-corrected chi connectivity index (χ4v) is 2.71. The van der Waals surface area contributed by atoms with Crippen molar-refractivity contribution in [1.82, 2.24) is 5.32 Å². The Morgan fingerprint density at radius 2 is 1.60 bits per heavy atom. The van der Waals surface area contributed by atoms with Crippen LogP contribution in [0.25, 0.3) is 0 Å². The van der Waals surface area contributed by atoms with Crippen molar-refractivity contribution in [3.05, 3.63) is 65.7 Å². The molecule has 0 radical (unpaired) electrons. The van der Waals surface area contributed by atoms with Gasteiger partial charge in [-0.25, -0.2) is 0 Å². The maximum absolute atomic E-state index is 12.5. The van der Waals surface area contributed by atoms with Crippen LogP contribution in [0.15, 0.2) is 59.5 Å². The monoisotopic (exact) mass is 285 g/mol. The zero-order valence-electron chi connectivity index (χ0n) is 12.0. The predicted molar refractivity (Wildman–Crippen MR) is 85.2 cm³/mol. The van der Waals surface area contributed by atoms with E-state index in [1.54, 1.807) is 11.8 Å². The SMILES string of the molecule is CSc1ccccc1C(=O)NC(C)(C)c1ccccc1. The Kier molecular flexibility index (Phi) is 4.50. The number of hydrogen-bond donors (Lipinski definition) is 1. The van der Waals surface area contributed by atoms with E-state index in [0.29, 0.717) is 0 Å². The molecule has 0 aliphatic rings.